The van der Waals surface area contributed by atoms with Crippen molar-refractivity contribution in [3.63, 3.8) is 0 Å². The summed E-state index contributed by atoms with van der Waals surface area (Å²) in [7, 11) is 0. The summed E-state index contributed by atoms with van der Waals surface area (Å²) in [6.45, 7) is 10.7. The summed E-state index contributed by atoms with van der Waals surface area (Å²) in [4.78, 5) is 0. The van der Waals surface area contributed by atoms with Crippen LogP contribution in [0.4, 0.5) is 0 Å². The molecule has 0 amide bonds. The summed E-state index contributed by atoms with van der Waals surface area (Å²) in [5.74, 6) is 0.446. The van der Waals surface area contributed by atoms with E-state index in [1.807, 2.05) is 0 Å². The molecule has 0 bridgehead atoms. The maximum Gasteiger partial charge on any atom is 0.0404 e. The van der Waals surface area contributed by atoms with Crippen LogP contribution in [0.1, 0.15) is 34.6 Å². The molecule has 0 heterocycles. The molecule has 0 saturated heterocycles. The van der Waals surface area contributed by atoms with E-state index in [4.69, 9.17) is 5.73 Å². The van der Waals surface area contributed by atoms with Gasteiger partial charge in [-0.3, -0.25) is 0 Å². The zero-order chi connectivity index (χ0) is 9.52. The predicted octanol–water partition coefficient (Wildman–Crippen LogP) is 2.64. The molecule has 0 aromatic rings. The van der Waals surface area contributed by atoms with Gasteiger partial charge >= 0.3 is 0 Å². The first-order chi connectivity index (χ1) is 5.37. The average molecular weight is 165 g/mol. The van der Waals surface area contributed by atoms with Gasteiger partial charge in [0.05, 0.1) is 0 Å². The first-order valence-electron chi connectivity index (χ1n) is 4.53. The van der Waals surface area contributed by atoms with Crippen LogP contribution in [-0.4, -0.2) is 5.54 Å². The van der Waals surface area contributed by atoms with E-state index in [2.05, 4.69) is 40.7 Å². The van der Waals surface area contributed by atoms with Gasteiger partial charge in [-0.25, -0.2) is 0 Å². The van der Waals surface area contributed by atoms with Crippen LogP contribution in [0.2, 0.25) is 0 Å². The second kappa shape index (κ2) is 2.74. The summed E-state index contributed by atoms with van der Waals surface area (Å²) in [5, 5.41) is 0. The molecular formula is C11H19N. The van der Waals surface area contributed by atoms with Crippen molar-refractivity contribution in [3.8, 4) is 0 Å². The molecule has 68 valence electrons. The van der Waals surface area contributed by atoms with E-state index in [0.29, 0.717) is 5.92 Å². The van der Waals surface area contributed by atoms with E-state index in [9.17, 15) is 0 Å². The van der Waals surface area contributed by atoms with Crippen molar-refractivity contribution in [1.82, 2.24) is 0 Å². The third-order valence-corrected chi connectivity index (χ3v) is 3.41. The summed E-state index contributed by atoms with van der Waals surface area (Å²) in [6, 6.07) is 0. The highest BCUT2D eigenvalue weighted by molar-refractivity contribution is 5.42. The number of allylic oxidation sites excluding steroid dienone is 2. The van der Waals surface area contributed by atoms with Crippen molar-refractivity contribution < 1.29 is 0 Å². The molecule has 0 spiro atoms. The molecule has 0 aromatic carbocycles. The van der Waals surface area contributed by atoms with Crippen LogP contribution in [0.5, 0.6) is 0 Å². The van der Waals surface area contributed by atoms with E-state index >= 15 is 0 Å². The Morgan fingerprint density at radius 3 is 2.33 bits per heavy atom. The maximum atomic E-state index is 6.22. The molecule has 0 radical (unpaired) electrons. The normalized spacial score (nSPS) is 36.8. The second-order valence-corrected chi connectivity index (χ2v) is 4.17. The van der Waals surface area contributed by atoms with Gasteiger partial charge in [-0.2, -0.15) is 0 Å². The molecule has 12 heavy (non-hydrogen) atoms. The SMILES string of the molecule is CC1=CC(C)C(C)(N)C(C)=C1C. The van der Waals surface area contributed by atoms with Crippen LogP contribution in [0, 0.1) is 5.92 Å². The smallest absolute Gasteiger partial charge is 0.0404 e. The Balaban J connectivity index is 3.18. The fourth-order valence-corrected chi connectivity index (χ4v) is 1.71. The average Bonchev–Trinajstić information content (AvgIpc) is 1.99. The quantitative estimate of drug-likeness (QED) is 0.586. The van der Waals surface area contributed by atoms with Crippen LogP contribution in [0.25, 0.3) is 0 Å². The Bertz CT molecular complexity index is 256. The third kappa shape index (κ3) is 1.22. The van der Waals surface area contributed by atoms with Crippen molar-refractivity contribution in [2.24, 2.45) is 11.7 Å². The highest BCUT2D eigenvalue weighted by atomic mass is 14.7. The Labute approximate surface area is 75.3 Å². The summed E-state index contributed by atoms with van der Waals surface area (Å²) in [5.41, 5.74) is 10.1. The van der Waals surface area contributed by atoms with Gasteiger partial charge in [-0.1, -0.05) is 24.1 Å². The molecule has 0 aromatic heterocycles. The molecule has 0 fully saturated rings. The number of nitrogens with two attached hydrogens (primary N) is 1. The molecule has 1 nitrogen and oxygen atoms in total. The van der Waals surface area contributed by atoms with Gasteiger partial charge in [0.1, 0.15) is 0 Å². The Morgan fingerprint density at radius 1 is 1.33 bits per heavy atom. The van der Waals surface area contributed by atoms with Gasteiger partial charge in [-0.15, -0.1) is 0 Å². The minimum atomic E-state index is -0.149. The van der Waals surface area contributed by atoms with Gasteiger partial charge in [-0.05, 0) is 39.2 Å². The second-order valence-electron chi connectivity index (χ2n) is 4.17. The lowest BCUT2D eigenvalue weighted by Crippen LogP contribution is -2.45. The highest BCUT2D eigenvalue weighted by Gasteiger charge is 2.31. The van der Waals surface area contributed by atoms with E-state index in [1.54, 1.807) is 0 Å². The molecule has 1 rings (SSSR count). The topological polar surface area (TPSA) is 26.0 Å². The molecule has 0 aliphatic heterocycles. The lowest BCUT2D eigenvalue weighted by molar-refractivity contribution is 0.422. The summed E-state index contributed by atoms with van der Waals surface area (Å²) < 4.78 is 0. The summed E-state index contributed by atoms with van der Waals surface area (Å²) in [6.07, 6.45) is 2.27. The number of rotatable bonds is 0. The van der Waals surface area contributed by atoms with Crippen molar-refractivity contribution in [2.45, 2.75) is 40.2 Å². The molecule has 1 aliphatic carbocycles. The third-order valence-electron chi connectivity index (χ3n) is 3.41. The van der Waals surface area contributed by atoms with Crippen LogP contribution in [-0.2, 0) is 0 Å². The van der Waals surface area contributed by atoms with E-state index in [0.717, 1.165) is 0 Å². The first-order valence-corrected chi connectivity index (χ1v) is 4.53. The van der Waals surface area contributed by atoms with Gasteiger partial charge in [0.2, 0.25) is 0 Å². The van der Waals surface area contributed by atoms with Gasteiger partial charge in [0, 0.05) is 5.54 Å². The standard InChI is InChI=1S/C11H19N/c1-7-6-8(2)11(5,12)10(4)9(7)3/h6,8H,12H2,1-5H3. The minimum Gasteiger partial charge on any atom is -0.321 e. The molecule has 2 atom stereocenters. The van der Waals surface area contributed by atoms with Gasteiger partial charge in [0.25, 0.3) is 0 Å². The van der Waals surface area contributed by atoms with Crippen molar-refractivity contribution in [1.29, 1.82) is 0 Å². The summed E-state index contributed by atoms with van der Waals surface area (Å²) >= 11 is 0. The van der Waals surface area contributed by atoms with Crippen LogP contribution >= 0.6 is 0 Å². The van der Waals surface area contributed by atoms with Crippen molar-refractivity contribution >= 4 is 0 Å². The Hall–Kier alpha value is -0.560. The van der Waals surface area contributed by atoms with Crippen molar-refractivity contribution in [3.05, 3.63) is 22.8 Å². The molecular weight excluding hydrogens is 146 g/mol. The largest absolute Gasteiger partial charge is 0.321 e. The monoisotopic (exact) mass is 165 g/mol. The molecule has 0 saturated carbocycles. The van der Waals surface area contributed by atoms with E-state index in [-0.39, 0.29) is 5.54 Å². The Kier molecular flexibility index (Phi) is 2.17. The fourth-order valence-electron chi connectivity index (χ4n) is 1.71. The van der Waals surface area contributed by atoms with Crippen LogP contribution < -0.4 is 5.73 Å². The molecule has 2 N–H and O–H groups in total. The Morgan fingerprint density at radius 2 is 1.83 bits per heavy atom. The molecule has 1 aliphatic rings. The van der Waals surface area contributed by atoms with Gasteiger partial charge in [0.15, 0.2) is 0 Å². The van der Waals surface area contributed by atoms with Gasteiger partial charge < -0.3 is 5.73 Å². The number of hydrogen-bond acceptors (Lipinski definition) is 1. The number of hydrogen-bond donors (Lipinski definition) is 1. The van der Waals surface area contributed by atoms with Crippen LogP contribution in [0.15, 0.2) is 22.8 Å². The fraction of sp³-hybridized carbons (Fsp3) is 0.636. The van der Waals surface area contributed by atoms with E-state index in [1.165, 1.54) is 16.7 Å². The molecule has 2 unspecified atom stereocenters. The lowest BCUT2D eigenvalue weighted by atomic mass is 9.74. The highest BCUT2D eigenvalue weighted by Crippen LogP contribution is 2.34. The first kappa shape index (κ1) is 9.53. The van der Waals surface area contributed by atoms with Crippen molar-refractivity contribution in [2.75, 3.05) is 0 Å². The maximum absolute atomic E-state index is 6.22. The predicted molar refractivity (Wildman–Crippen MR) is 53.9 cm³/mol. The zero-order valence-corrected chi connectivity index (χ0v) is 8.73. The van der Waals surface area contributed by atoms with Crippen LogP contribution in [0.3, 0.4) is 0 Å². The zero-order valence-electron chi connectivity index (χ0n) is 8.73. The molecule has 1 heteroatoms. The lowest BCUT2D eigenvalue weighted by Gasteiger charge is -2.36. The van der Waals surface area contributed by atoms with E-state index < -0.39 is 0 Å². The minimum absolute atomic E-state index is 0.149.